The molecule has 0 fully saturated rings. The molecule has 2 N–H and O–H groups in total. The molecule has 0 aliphatic rings. The summed E-state index contributed by atoms with van der Waals surface area (Å²) in [5.41, 5.74) is 6.86. The molecule has 0 spiro atoms. The van der Waals surface area contributed by atoms with Gasteiger partial charge in [-0.1, -0.05) is 0 Å². The molecule has 2 nitrogen and oxygen atoms in total. The van der Waals surface area contributed by atoms with Crippen molar-refractivity contribution < 1.29 is 0 Å². The Bertz CT molecular complexity index is 303. The van der Waals surface area contributed by atoms with E-state index < -0.39 is 0 Å². The number of nitrogen functional groups attached to an aromatic ring is 1. The zero-order valence-corrected chi connectivity index (χ0v) is 8.52. The van der Waals surface area contributed by atoms with Crippen molar-refractivity contribution in [3.05, 3.63) is 24.0 Å². The lowest BCUT2D eigenvalue weighted by Crippen LogP contribution is -1.91. The number of nitrogens with zero attached hydrogens (tertiary/aromatic N) is 1. The van der Waals surface area contributed by atoms with Gasteiger partial charge in [0.1, 0.15) is 5.69 Å². The number of aromatic nitrogens is 1. The number of hydrogen-bond acceptors (Lipinski definition) is 3. The molecule has 0 aliphatic carbocycles. The van der Waals surface area contributed by atoms with E-state index >= 15 is 0 Å². The molecule has 0 amide bonds. The van der Waals surface area contributed by atoms with Gasteiger partial charge in [0.15, 0.2) is 0 Å². The molecule has 0 saturated heterocycles. The maximum absolute atomic E-state index is 5.58. The molecular formula is C7H5IN2S. The van der Waals surface area contributed by atoms with Gasteiger partial charge >= 0.3 is 0 Å². The Morgan fingerprint density at radius 3 is 3.09 bits per heavy atom. The summed E-state index contributed by atoms with van der Waals surface area (Å²) < 4.78 is 0. The lowest BCUT2D eigenvalue weighted by Gasteiger charge is -1.92. The number of anilines is 1. The van der Waals surface area contributed by atoms with Crippen LogP contribution in [-0.2, 0) is 0 Å². The van der Waals surface area contributed by atoms with E-state index in [2.05, 4.69) is 37.4 Å². The first-order valence-electron chi connectivity index (χ1n) is 2.83. The lowest BCUT2D eigenvalue weighted by molar-refractivity contribution is 1.29. The van der Waals surface area contributed by atoms with Gasteiger partial charge in [-0.25, -0.2) is 4.98 Å². The zero-order valence-electron chi connectivity index (χ0n) is 5.54. The molecule has 0 atom stereocenters. The van der Waals surface area contributed by atoms with E-state index in [1.54, 1.807) is 18.3 Å². The summed E-state index contributed by atoms with van der Waals surface area (Å²) in [5, 5.41) is 2.82. The topological polar surface area (TPSA) is 38.9 Å². The first-order chi connectivity index (χ1) is 5.34. The fourth-order valence-electron chi connectivity index (χ4n) is 0.590. The van der Waals surface area contributed by atoms with E-state index in [1.165, 1.54) is 8.93 Å². The fraction of sp³-hybridized carbons (Fsp3) is 0. The molecule has 0 aliphatic heterocycles. The summed E-state index contributed by atoms with van der Waals surface area (Å²) in [4.78, 5) is 4.00. The molecule has 4 heteroatoms. The summed E-state index contributed by atoms with van der Waals surface area (Å²) in [6, 6.07) is 3.58. The molecule has 56 valence electrons. The van der Waals surface area contributed by atoms with Gasteiger partial charge < -0.3 is 5.73 Å². The predicted molar refractivity (Wildman–Crippen MR) is 57.1 cm³/mol. The van der Waals surface area contributed by atoms with Gasteiger partial charge in [0.2, 0.25) is 0 Å². The SMILES string of the molecule is Nc1cccnc1C#CSI. The summed E-state index contributed by atoms with van der Waals surface area (Å²) in [7, 11) is 1.42. The van der Waals surface area contributed by atoms with E-state index in [1.807, 2.05) is 0 Å². The first-order valence-corrected chi connectivity index (χ1v) is 6.19. The van der Waals surface area contributed by atoms with Crippen molar-refractivity contribution in [3.63, 3.8) is 0 Å². The number of halogens is 1. The largest absolute Gasteiger partial charge is 0.396 e. The summed E-state index contributed by atoms with van der Waals surface area (Å²) in [5.74, 6) is 2.83. The van der Waals surface area contributed by atoms with Crippen LogP contribution in [0.5, 0.6) is 0 Å². The minimum absolute atomic E-state index is 0.630. The Hall–Kier alpha value is -0.410. The van der Waals surface area contributed by atoms with Crippen molar-refractivity contribution >= 4 is 35.8 Å². The van der Waals surface area contributed by atoms with E-state index in [4.69, 9.17) is 5.73 Å². The van der Waals surface area contributed by atoms with Crippen molar-refractivity contribution in [2.24, 2.45) is 0 Å². The Balaban J connectivity index is 2.95. The monoisotopic (exact) mass is 276 g/mol. The molecule has 1 heterocycles. The van der Waals surface area contributed by atoms with Crippen molar-refractivity contribution in [2.45, 2.75) is 0 Å². The van der Waals surface area contributed by atoms with Crippen LogP contribution in [-0.4, -0.2) is 4.98 Å². The molecule has 1 aromatic rings. The minimum atomic E-state index is 0.630. The van der Waals surface area contributed by atoms with Crippen LogP contribution in [0.2, 0.25) is 0 Å². The Morgan fingerprint density at radius 1 is 1.64 bits per heavy atom. The third kappa shape index (κ3) is 2.60. The maximum atomic E-state index is 5.58. The van der Waals surface area contributed by atoms with Gasteiger partial charge in [0.05, 0.1) is 5.69 Å². The van der Waals surface area contributed by atoms with Crippen LogP contribution in [0.3, 0.4) is 0 Å². The van der Waals surface area contributed by atoms with Crippen molar-refractivity contribution in [1.82, 2.24) is 4.98 Å². The molecule has 0 saturated carbocycles. The van der Waals surface area contributed by atoms with E-state index in [9.17, 15) is 0 Å². The minimum Gasteiger partial charge on any atom is -0.396 e. The van der Waals surface area contributed by atoms with Crippen molar-refractivity contribution in [3.8, 4) is 11.2 Å². The number of nitrogens with two attached hydrogens (primary N) is 1. The quantitative estimate of drug-likeness (QED) is 0.582. The maximum Gasteiger partial charge on any atom is 0.136 e. The van der Waals surface area contributed by atoms with Crippen LogP contribution < -0.4 is 5.73 Å². The number of pyridine rings is 1. The van der Waals surface area contributed by atoms with Crippen LogP contribution in [0.25, 0.3) is 0 Å². The van der Waals surface area contributed by atoms with Crippen LogP contribution in [0.15, 0.2) is 18.3 Å². The average molecular weight is 276 g/mol. The molecular weight excluding hydrogens is 271 g/mol. The van der Waals surface area contributed by atoms with Gasteiger partial charge in [0.25, 0.3) is 0 Å². The van der Waals surface area contributed by atoms with Crippen LogP contribution in [0, 0.1) is 11.2 Å². The summed E-state index contributed by atoms with van der Waals surface area (Å²) in [6.07, 6.45) is 1.68. The molecule has 0 bridgehead atoms. The highest BCUT2D eigenvalue weighted by Crippen LogP contribution is 2.09. The second kappa shape index (κ2) is 4.46. The van der Waals surface area contributed by atoms with Gasteiger partial charge in [-0.3, -0.25) is 0 Å². The first kappa shape index (κ1) is 8.68. The molecule has 0 aromatic carbocycles. The Morgan fingerprint density at radius 2 is 2.45 bits per heavy atom. The van der Waals surface area contributed by atoms with Crippen molar-refractivity contribution in [1.29, 1.82) is 0 Å². The highest BCUT2D eigenvalue weighted by atomic mass is 127. The fourth-order valence-corrected chi connectivity index (χ4v) is 1.06. The van der Waals surface area contributed by atoms with Crippen LogP contribution in [0.4, 0.5) is 5.69 Å². The molecule has 1 aromatic heterocycles. The summed E-state index contributed by atoms with van der Waals surface area (Å²) in [6.45, 7) is 0. The van der Waals surface area contributed by atoms with Gasteiger partial charge in [-0.15, -0.1) is 0 Å². The van der Waals surface area contributed by atoms with Gasteiger partial charge in [-0.05, 0) is 32.2 Å². The van der Waals surface area contributed by atoms with Crippen LogP contribution >= 0.6 is 30.1 Å². The second-order valence-corrected chi connectivity index (χ2v) is 3.43. The molecule has 0 radical (unpaired) electrons. The molecule has 0 unspecified atom stereocenters. The van der Waals surface area contributed by atoms with E-state index in [0.717, 1.165) is 0 Å². The normalized spacial score (nSPS) is 8.45. The third-order valence-corrected chi connectivity index (χ3v) is 1.89. The van der Waals surface area contributed by atoms with Crippen molar-refractivity contribution in [2.75, 3.05) is 5.73 Å². The highest BCUT2D eigenvalue weighted by Gasteiger charge is 1.91. The van der Waals surface area contributed by atoms with Crippen LogP contribution in [0.1, 0.15) is 5.69 Å². The van der Waals surface area contributed by atoms with E-state index in [0.29, 0.717) is 11.4 Å². The van der Waals surface area contributed by atoms with Gasteiger partial charge in [-0.2, -0.15) is 0 Å². The molecule has 11 heavy (non-hydrogen) atoms. The zero-order chi connectivity index (χ0) is 8.10. The van der Waals surface area contributed by atoms with Gasteiger partial charge in [0, 0.05) is 27.4 Å². The second-order valence-electron chi connectivity index (χ2n) is 1.75. The lowest BCUT2D eigenvalue weighted by atomic mass is 10.3. The average Bonchev–Trinajstić information content (AvgIpc) is 2.03. The highest BCUT2D eigenvalue weighted by molar-refractivity contribution is 14.2. The smallest absolute Gasteiger partial charge is 0.136 e. The Labute approximate surface area is 81.6 Å². The molecule has 1 rings (SSSR count). The Kier molecular flexibility index (Phi) is 3.52. The van der Waals surface area contributed by atoms with E-state index in [-0.39, 0.29) is 0 Å². The standard InChI is InChI=1S/C7H5IN2S/c8-11-5-3-7-6(9)2-1-4-10-7/h1-2,4H,9H2. The third-order valence-electron chi connectivity index (χ3n) is 1.05. The summed E-state index contributed by atoms with van der Waals surface area (Å²) >= 11 is 2.10. The number of rotatable bonds is 0. The number of hydrogen-bond donors (Lipinski definition) is 1. The predicted octanol–water partition coefficient (Wildman–Crippen LogP) is 2.06.